The highest BCUT2D eigenvalue weighted by Crippen LogP contribution is 2.33. The highest BCUT2D eigenvalue weighted by atomic mass is 16.3. The summed E-state index contributed by atoms with van der Waals surface area (Å²) in [4.78, 5) is 24.1. The fourth-order valence-corrected chi connectivity index (χ4v) is 3.53. The van der Waals surface area contributed by atoms with Crippen molar-refractivity contribution in [2.45, 2.75) is 13.8 Å². The second-order valence-corrected chi connectivity index (χ2v) is 7.05. The van der Waals surface area contributed by atoms with Crippen molar-refractivity contribution in [3.63, 3.8) is 0 Å². The molecule has 4 aromatic carbocycles. The Morgan fingerprint density at radius 3 is 1.36 bits per heavy atom. The molecule has 0 aliphatic carbocycles. The fourth-order valence-electron chi connectivity index (χ4n) is 3.53. The van der Waals surface area contributed by atoms with Crippen LogP contribution in [-0.2, 0) is 0 Å². The Hall–Kier alpha value is -3.66. The predicted molar refractivity (Wildman–Crippen MR) is 112 cm³/mol. The average molecular weight is 370 g/mol. The van der Waals surface area contributed by atoms with E-state index in [1.807, 2.05) is 24.3 Å². The maximum Gasteiger partial charge on any atom is 0.179 e. The normalized spacial score (nSPS) is 11.1. The molecule has 0 spiro atoms. The van der Waals surface area contributed by atoms with Crippen molar-refractivity contribution in [1.29, 1.82) is 0 Å². The van der Waals surface area contributed by atoms with Crippen LogP contribution in [0.5, 0.6) is 11.5 Å². The summed E-state index contributed by atoms with van der Waals surface area (Å²) in [7, 11) is 0. The van der Waals surface area contributed by atoms with Gasteiger partial charge in [-0.15, -0.1) is 0 Å². The molecule has 0 heterocycles. The van der Waals surface area contributed by atoms with Gasteiger partial charge >= 0.3 is 0 Å². The van der Waals surface area contributed by atoms with E-state index >= 15 is 0 Å². The van der Waals surface area contributed by atoms with E-state index in [1.54, 1.807) is 26.0 Å². The van der Waals surface area contributed by atoms with Crippen molar-refractivity contribution in [2.24, 2.45) is 0 Å². The molecule has 0 unspecified atom stereocenters. The minimum Gasteiger partial charge on any atom is -0.507 e. The van der Waals surface area contributed by atoms with E-state index in [2.05, 4.69) is 0 Å². The summed E-state index contributed by atoms with van der Waals surface area (Å²) in [5, 5.41) is 23.2. The van der Waals surface area contributed by atoms with Gasteiger partial charge in [0, 0.05) is 10.8 Å². The van der Waals surface area contributed by atoms with Crippen molar-refractivity contribution in [1.82, 2.24) is 0 Å². The van der Waals surface area contributed by atoms with Gasteiger partial charge in [0.25, 0.3) is 0 Å². The smallest absolute Gasteiger partial charge is 0.179 e. The molecular weight excluding hydrogens is 352 g/mol. The van der Waals surface area contributed by atoms with E-state index in [4.69, 9.17) is 0 Å². The van der Waals surface area contributed by atoms with Crippen molar-refractivity contribution in [2.75, 3.05) is 0 Å². The van der Waals surface area contributed by atoms with Crippen molar-refractivity contribution >= 4 is 21.5 Å². The molecule has 0 aromatic heterocycles. The maximum absolute atomic E-state index is 12.0. The Balaban J connectivity index is 1.99. The Morgan fingerprint density at radius 2 is 0.964 bits per heavy atom. The van der Waals surface area contributed by atoms with Gasteiger partial charge in [0.2, 0.25) is 0 Å². The van der Waals surface area contributed by atoms with Crippen LogP contribution in [0.25, 0.3) is 32.7 Å². The molecule has 28 heavy (non-hydrogen) atoms. The van der Waals surface area contributed by atoms with Crippen LogP contribution in [0.2, 0.25) is 0 Å². The van der Waals surface area contributed by atoms with Crippen LogP contribution in [0.4, 0.5) is 0 Å². The van der Waals surface area contributed by atoms with E-state index < -0.39 is 0 Å². The molecule has 0 saturated carbocycles. The summed E-state index contributed by atoms with van der Waals surface area (Å²) in [5.41, 5.74) is 2.38. The first-order valence-electron chi connectivity index (χ1n) is 8.89. The first kappa shape index (κ1) is 17.7. The number of fused-ring (bicyclic) bond motifs is 2. The zero-order chi connectivity index (χ0) is 20.0. The standard InChI is InChI=1S/C24H18O4/c1-13-7-19(25)11-17-9-15(3-5-21(17)23(13)27)16-4-6-22-18(10-16)12-20(26)8-14(2)24(22)28/h3-12,27-28H,1-2H3. The Kier molecular flexibility index (Phi) is 4.12. The van der Waals surface area contributed by atoms with E-state index in [0.717, 1.165) is 11.1 Å². The number of hydrogen-bond donors (Lipinski definition) is 2. The molecule has 0 saturated heterocycles. The van der Waals surface area contributed by atoms with Gasteiger partial charge in [-0.05, 0) is 83.3 Å². The molecule has 4 nitrogen and oxygen atoms in total. The van der Waals surface area contributed by atoms with Crippen LogP contribution in [0.3, 0.4) is 0 Å². The summed E-state index contributed by atoms with van der Waals surface area (Å²) in [5.74, 6) is 0.177. The highest BCUT2D eigenvalue weighted by Gasteiger charge is 2.08. The average Bonchev–Trinajstić information content (AvgIpc) is 2.83. The predicted octanol–water partition coefficient (Wildman–Crippen LogP) is 4.41. The molecule has 4 aromatic rings. The largest absolute Gasteiger partial charge is 0.507 e. The van der Waals surface area contributed by atoms with Crippen molar-refractivity contribution < 1.29 is 10.2 Å². The molecule has 4 heteroatoms. The molecule has 0 aliphatic heterocycles. The second-order valence-electron chi connectivity index (χ2n) is 7.05. The zero-order valence-electron chi connectivity index (χ0n) is 15.5. The Morgan fingerprint density at radius 1 is 0.571 bits per heavy atom. The maximum atomic E-state index is 12.0. The molecule has 2 N–H and O–H groups in total. The van der Waals surface area contributed by atoms with Crippen molar-refractivity contribution in [3.05, 3.63) is 92.2 Å². The lowest BCUT2D eigenvalue weighted by molar-refractivity contribution is 0.477. The molecular formula is C24H18O4. The van der Waals surface area contributed by atoms with Crippen LogP contribution in [0, 0.1) is 13.8 Å². The number of hydrogen-bond acceptors (Lipinski definition) is 4. The molecule has 4 rings (SSSR count). The van der Waals surface area contributed by atoms with Gasteiger partial charge in [-0.2, -0.15) is 0 Å². The number of rotatable bonds is 1. The van der Waals surface area contributed by atoms with Gasteiger partial charge in [0.15, 0.2) is 10.9 Å². The SMILES string of the molecule is Cc1cc(=O)cc2cc(-c3ccc4c(O)c(C)cc(=O)cc4c3)ccc2c1O. The lowest BCUT2D eigenvalue weighted by Crippen LogP contribution is -1.91. The monoisotopic (exact) mass is 370 g/mol. The molecule has 0 fully saturated rings. The van der Waals surface area contributed by atoms with Gasteiger partial charge < -0.3 is 10.2 Å². The number of aryl methyl sites for hydroxylation is 2. The van der Waals surface area contributed by atoms with Crippen molar-refractivity contribution in [3.8, 4) is 22.6 Å². The topological polar surface area (TPSA) is 74.6 Å². The molecule has 138 valence electrons. The van der Waals surface area contributed by atoms with Gasteiger partial charge in [0.1, 0.15) is 11.5 Å². The van der Waals surface area contributed by atoms with E-state index in [9.17, 15) is 19.8 Å². The summed E-state index contributed by atoms with van der Waals surface area (Å²) >= 11 is 0. The number of benzene rings is 2. The molecule has 0 atom stereocenters. The fraction of sp³-hybridized carbons (Fsp3) is 0.0833. The third-order valence-corrected chi connectivity index (χ3v) is 5.01. The first-order valence-corrected chi connectivity index (χ1v) is 8.89. The number of aromatic hydroxyl groups is 2. The zero-order valence-corrected chi connectivity index (χ0v) is 15.5. The third-order valence-electron chi connectivity index (χ3n) is 5.01. The van der Waals surface area contributed by atoms with E-state index in [-0.39, 0.29) is 22.4 Å². The van der Waals surface area contributed by atoms with Crippen LogP contribution < -0.4 is 10.9 Å². The van der Waals surface area contributed by atoms with Crippen LogP contribution in [-0.4, -0.2) is 10.2 Å². The third kappa shape index (κ3) is 2.99. The summed E-state index contributed by atoms with van der Waals surface area (Å²) in [6, 6.07) is 16.8. The highest BCUT2D eigenvalue weighted by molar-refractivity contribution is 5.95. The first-order chi connectivity index (χ1) is 13.3. The Bertz CT molecular complexity index is 1280. The second kappa shape index (κ2) is 6.50. The van der Waals surface area contributed by atoms with Gasteiger partial charge in [-0.1, -0.05) is 24.3 Å². The van der Waals surface area contributed by atoms with Crippen LogP contribution >= 0.6 is 0 Å². The lowest BCUT2D eigenvalue weighted by atomic mass is 9.99. The summed E-state index contributed by atoms with van der Waals surface area (Å²) in [6.07, 6.45) is 0. The Labute approximate surface area is 161 Å². The van der Waals surface area contributed by atoms with E-state index in [1.165, 1.54) is 24.3 Å². The lowest BCUT2D eigenvalue weighted by Gasteiger charge is -2.06. The molecule has 0 radical (unpaired) electrons. The molecule has 0 aliphatic rings. The van der Waals surface area contributed by atoms with Crippen LogP contribution in [0.15, 0.2) is 70.3 Å². The van der Waals surface area contributed by atoms with Gasteiger partial charge in [-0.3, -0.25) is 9.59 Å². The minimum atomic E-state index is -0.179. The minimum absolute atomic E-state index is 0.0885. The van der Waals surface area contributed by atoms with E-state index in [0.29, 0.717) is 32.7 Å². The van der Waals surface area contributed by atoms with Gasteiger partial charge in [-0.25, -0.2) is 0 Å². The molecule has 0 amide bonds. The quantitative estimate of drug-likeness (QED) is 0.520. The van der Waals surface area contributed by atoms with Crippen LogP contribution in [0.1, 0.15) is 11.1 Å². The summed E-state index contributed by atoms with van der Waals surface area (Å²) < 4.78 is 0. The summed E-state index contributed by atoms with van der Waals surface area (Å²) in [6.45, 7) is 3.39. The van der Waals surface area contributed by atoms with Gasteiger partial charge in [0.05, 0.1) is 0 Å². The molecule has 0 bridgehead atoms.